The van der Waals surface area contributed by atoms with Crippen molar-refractivity contribution in [1.29, 1.82) is 0 Å². The molecule has 0 aliphatic rings. The van der Waals surface area contributed by atoms with E-state index in [1.807, 2.05) is 32.0 Å². The molecule has 0 aromatic heterocycles. The van der Waals surface area contributed by atoms with Crippen molar-refractivity contribution < 1.29 is 28.7 Å². The van der Waals surface area contributed by atoms with E-state index in [1.165, 1.54) is 4.90 Å². The molecule has 2 atom stereocenters. The van der Waals surface area contributed by atoms with Gasteiger partial charge in [-0.05, 0) is 76.4 Å². The maximum Gasteiger partial charge on any atom is 0.408 e. The zero-order chi connectivity index (χ0) is 32.9. The standard InChI is InChI=1S/C34H50N4O6/c1-8-9-10-11-12-13-20-38(32(41)28(22-29(35)39)37-33(42)44-34(4,5)6)30(27-19-14-23(2)21-24(27)3)31(40)36-25-15-17-26(43-7)18-16-25/h14-19,21,28,30H,8-13,20,22H2,1-7H3,(H2,35,39)(H,36,40)(H,37,42). The number of benzene rings is 2. The molecule has 2 aromatic carbocycles. The van der Waals surface area contributed by atoms with E-state index >= 15 is 0 Å². The second-order valence-electron chi connectivity index (χ2n) is 12.1. The first-order valence-electron chi connectivity index (χ1n) is 15.4. The Bertz CT molecular complexity index is 1260. The summed E-state index contributed by atoms with van der Waals surface area (Å²) in [5, 5.41) is 5.48. The lowest BCUT2D eigenvalue weighted by Crippen LogP contribution is -2.53. The summed E-state index contributed by atoms with van der Waals surface area (Å²) in [6, 6.07) is 10.2. The van der Waals surface area contributed by atoms with Gasteiger partial charge in [-0.3, -0.25) is 14.4 Å². The normalized spacial score (nSPS) is 12.5. The Morgan fingerprint density at radius 3 is 2.14 bits per heavy atom. The SMILES string of the molecule is CCCCCCCCN(C(=O)C(CC(N)=O)NC(=O)OC(C)(C)C)C(C(=O)Nc1ccc(OC)cc1)c1ccc(C)cc1C. The van der Waals surface area contributed by atoms with Crippen LogP contribution in [0.5, 0.6) is 5.75 Å². The van der Waals surface area contributed by atoms with E-state index in [0.29, 0.717) is 23.4 Å². The third kappa shape index (κ3) is 11.9. The zero-order valence-electron chi connectivity index (χ0n) is 27.3. The first kappa shape index (κ1) is 36.1. The molecule has 2 aromatic rings. The fourth-order valence-corrected chi connectivity index (χ4v) is 4.95. The van der Waals surface area contributed by atoms with Gasteiger partial charge in [0.05, 0.1) is 13.5 Å². The van der Waals surface area contributed by atoms with Crippen molar-refractivity contribution in [1.82, 2.24) is 10.2 Å². The van der Waals surface area contributed by atoms with Gasteiger partial charge in [0.1, 0.15) is 23.4 Å². The number of ether oxygens (including phenoxy) is 2. The molecule has 0 saturated heterocycles. The van der Waals surface area contributed by atoms with Crippen LogP contribution in [-0.2, 0) is 19.1 Å². The van der Waals surface area contributed by atoms with Gasteiger partial charge >= 0.3 is 6.09 Å². The number of methoxy groups -OCH3 is 1. The number of aryl methyl sites for hydroxylation is 2. The summed E-state index contributed by atoms with van der Waals surface area (Å²) in [7, 11) is 1.56. The summed E-state index contributed by atoms with van der Waals surface area (Å²) in [5.41, 5.74) is 7.69. The molecule has 0 spiro atoms. The lowest BCUT2D eigenvalue weighted by atomic mass is 9.95. The number of hydrogen-bond acceptors (Lipinski definition) is 6. The number of primary amides is 1. The lowest BCUT2D eigenvalue weighted by Gasteiger charge is -2.35. The van der Waals surface area contributed by atoms with Crippen molar-refractivity contribution in [3.05, 3.63) is 59.2 Å². The Balaban J connectivity index is 2.56. The molecule has 0 aliphatic carbocycles. The fraction of sp³-hybridized carbons (Fsp3) is 0.529. The summed E-state index contributed by atoms with van der Waals surface area (Å²) in [6.07, 6.45) is 4.46. The number of carbonyl (C=O) groups excluding carboxylic acids is 4. The Morgan fingerprint density at radius 2 is 1.57 bits per heavy atom. The predicted molar refractivity (Wildman–Crippen MR) is 172 cm³/mol. The maximum absolute atomic E-state index is 14.3. The smallest absolute Gasteiger partial charge is 0.408 e. The first-order chi connectivity index (χ1) is 20.7. The molecule has 0 aliphatic heterocycles. The predicted octanol–water partition coefficient (Wildman–Crippen LogP) is 5.95. The van der Waals surface area contributed by atoms with Gasteiger partial charge in [-0.2, -0.15) is 0 Å². The van der Waals surface area contributed by atoms with Crippen molar-refractivity contribution in [2.24, 2.45) is 5.73 Å². The third-order valence-electron chi connectivity index (χ3n) is 7.07. The van der Waals surface area contributed by atoms with Gasteiger partial charge in [0.2, 0.25) is 11.8 Å². The average molecular weight is 611 g/mol. The van der Waals surface area contributed by atoms with E-state index in [4.69, 9.17) is 15.2 Å². The number of unbranched alkanes of at least 4 members (excludes halogenated alkanes) is 5. The van der Waals surface area contributed by atoms with Crippen LogP contribution >= 0.6 is 0 Å². The summed E-state index contributed by atoms with van der Waals surface area (Å²) in [6.45, 7) is 11.3. The van der Waals surface area contributed by atoms with Gasteiger partial charge in [0.15, 0.2) is 0 Å². The van der Waals surface area contributed by atoms with E-state index in [2.05, 4.69) is 17.6 Å². The minimum Gasteiger partial charge on any atom is -0.497 e. The van der Waals surface area contributed by atoms with Gasteiger partial charge in [0.25, 0.3) is 5.91 Å². The van der Waals surface area contributed by atoms with Crippen molar-refractivity contribution >= 4 is 29.5 Å². The van der Waals surface area contributed by atoms with Crippen LogP contribution in [-0.4, -0.2) is 54.0 Å². The maximum atomic E-state index is 14.3. The molecule has 0 saturated carbocycles. The number of nitrogens with zero attached hydrogens (tertiary/aromatic N) is 1. The average Bonchev–Trinajstić information content (AvgIpc) is 2.93. The van der Waals surface area contributed by atoms with E-state index < -0.39 is 47.9 Å². The van der Waals surface area contributed by atoms with Crippen LogP contribution in [0, 0.1) is 13.8 Å². The number of rotatable bonds is 16. The molecule has 242 valence electrons. The highest BCUT2D eigenvalue weighted by molar-refractivity contribution is 6.00. The molecule has 0 bridgehead atoms. The quantitative estimate of drug-likeness (QED) is 0.201. The second-order valence-corrected chi connectivity index (χ2v) is 12.1. The number of hydrogen-bond donors (Lipinski definition) is 3. The van der Waals surface area contributed by atoms with Crippen LogP contribution in [0.25, 0.3) is 0 Å². The van der Waals surface area contributed by atoms with E-state index in [-0.39, 0.29) is 6.54 Å². The molecular formula is C34H50N4O6. The summed E-state index contributed by atoms with van der Waals surface area (Å²) >= 11 is 0. The highest BCUT2D eigenvalue weighted by Gasteiger charge is 2.37. The van der Waals surface area contributed by atoms with Gasteiger partial charge < -0.3 is 30.7 Å². The largest absolute Gasteiger partial charge is 0.497 e. The van der Waals surface area contributed by atoms with Gasteiger partial charge in [-0.25, -0.2) is 4.79 Å². The third-order valence-corrected chi connectivity index (χ3v) is 7.07. The van der Waals surface area contributed by atoms with Crippen LogP contribution in [0.15, 0.2) is 42.5 Å². The van der Waals surface area contributed by atoms with Crippen molar-refractivity contribution in [2.45, 2.75) is 104 Å². The Morgan fingerprint density at radius 1 is 0.932 bits per heavy atom. The minimum atomic E-state index is -1.33. The number of alkyl carbamates (subject to hydrolysis) is 1. The van der Waals surface area contributed by atoms with E-state index in [9.17, 15) is 19.2 Å². The highest BCUT2D eigenvalue weighted by Crippen LogP contribution is 2.29. The van der Waals surface area contributed by atoms with Gasteiger partial charge in [-0.1, -0.05) is 62.8 Å². The number of nitrogens with two attached hydrogens (primary N) is 1. The molecule has 4 N–H and O–H groups in total. The monoisotopic (exact) mass is 610 g/mol. The number of carbonyl (C=O) groups is 4. The summed E-state index contributed by atoms with van der Waals surface area (Å²) < 4.78 is 10.6. The lowest BCUT2D eigenvalue weighted by molar-refractivity contribution is -0.142. The van der Waals surface area contributed by atoms with Crippen molar-refractivity contribution in [3.63, 3.8) is 0 Å². The molecular weight excluding hydrogens is 560 g/mol. The minimum absolute atomic E-state index is 0.226. The van der Waals surface area contributed by atoms with Crippen molar-refractivity contribution in [2.75, 3.05) is 19.0 Å². The van der Waals surface area contributed by atoms with Crippen LogP contribution in [0.1, 0.15) is 95.4 Å². The summed E-state index contributed by atoms with van der Waals surface area (Å²) in [4.78, 5) is 54.8. The van der Waals surface area contributed by atoms with Crippen molar-refractivity contribution in [3.8, 4) is 5.75 Å². The van der Waals surface area contributed by atoms with Crippen LogP contribution in [0.4, 0.5) is 10.5 Å². The molecule has 2 rings (SSSR count). The molecule has 2 unspecified atom stereocenters. The Kier molecular flexibility index (Phi) is 14.2. The first-order valence-corrected chi connectivity index (χ1v) is 15.4. The molecule has 10 heteroatoms. The molecule has 44 heavy (non-hydrogen) atoms. The topological polar surface area (TPSA) is 140 Å². The highest BCUT2D eigenvalue weighted by atomic mass is 16.6. The fourth-order valence-electron chi connectivity index (χ4n) is 4.95. The molecule has 0 radical (unpaired) electrons. The molecule has 0 heterocycles. The van der Waals surface area contributed by atoms with E-state index in [0.717, 1.165) is 43.2 Å². The van der Waals surface area contributed by atoms with Gasteiger partial charge in [0, 0.05) is 12.2 Å². The number of amides is 4. The molecule has 4 amide bonds. The molecule has 10 nitrogen and oxygen atoms in total. The number of nitrogens with one attached hydrogen (secondary N) is 2. The molecule has 0 fully saturated rings. The van der Waals surface area contributed by atoms with Crippen LogP contribution < -0.4 is 21.1 Å². The zero-order valence-corrected chi connectivity index (χ0v) is 27.3. The van der Waals surface area contributed by atoms with Gasteiger partial charge in [-0.15, -0.1) is 0 Å². The van der Waals surface area contributed by atoms with Crippen LogP contribution in [0.3, 0.4) is 0 Å². The Labute approximate surface area is 262 Å². The van der Waals surface area contributed by atoms with E-state index in [1.54, 1.807) is 52.1 Å². The Hall–Kier alpha value is -4.08. The second kappa shape index (κ2) is 17.3. The van der Waals surface area contributed by atoms with Crippen LogP contribution in [0.2, 0.25) is 0 Å². The summed E-state index contributed by atoms with van der Waals surface area (Å²) in [5.74, 6) is -1.17. The number of anilines is 1.